The number of aromatic amines is 1. The molecule has 0 saturated heterocycles. The van der Waals surface area contributed by atoms with Crippen LogP contribution in [-0.2, 0) is 0 Å². The fourth-order valence-electron chi connectivity index (χ4n) is 8.83. The average Bonchev–Trinajstić information content (AvgIpc) is 3.93. The first-order valence-corrected chi connectivity index (χ1v) is 19.3. The number of hydrogen-bond acceptors (Lipinski definition) is 2. The Morgan fingerprint density at radius 3 is 1.53 bits per heavy atom. The highest BCUT2D eigenvalue weighted by molar-refractivity contribution is 6.19. The van der Waals surface area contributed by atoms with E-state index in [1.165, 1.54) is 43.6 Å². The third kappa shape index (κ3) is 4.89. The highest BCUT2D eigenvalue weighted by atomic mass is 15.0. The lowest BCUT2D eigenvalue weighted by molar-refractivity contribution is 1.17. The molecule has 1 N–H and O–H groups in total. The Bertz CT molecular complexity index is 3490. The molecule has 0 saturated carbocycles. The van der Waals surface area contributed by atoms with Gasteiger partial charge in [0.15, 0.2) is 5.82 Å². The summed E-state index contributed by atoms with van der Waals surface area (Å²) in [5.74, 6) is 0.711. The molecule has 0 aliphatic carbocycles. The van der Waals surface area contributed by atoms with Crippen LogP contribution in [0.25, 0.3) is 111 Å². The largest absolute Gasteiger partial charge is 0.351 e. The molecule has 0 fully saturated rings. The predicted molar refractivity (Wildman–Crippen MR) is 236 cm³/mol. The second kappa shape index (κ2) is 12.4. The maximum absolute atomic E-state index is 5.21. The molecule has 0 amide bonds. The first kappa shape index (κ1) is 31.6. The van der Waals surface area contributed by atoms with Gasteiger partial charge in [-0.15, -0.1) is 0 Å². The van der Waals surface area contributed by atoms with Crippen molar-refractivity contribution < 1.29 is 0 Å². The van der Waals surface area contributed by atoms with Crippen LogP contribution in [0, 0.1) is 0 Å². The summed E-state index contributed by atoms with van der Waals surface area (Å²) in [6, 6.07) is 69.2. The maximum atomic E-state index is 5.21. The van der Waals surface area contributed by atoms with Crippen molar-refractivity contribution in [3.8, 4) is 45.1 Å². The Labute approximate surface area is 327 Å². The van der Waals surface area contributed by atoms with Gasteiger partial charge in [-0.25, -0.2) is 9.97 Å². The predicted octanol–water partition coefficient (Wildman–Crippen LogP) is 13.3. The van der Waals surface area contributed by atoms with E-state index in [9.17, 15) is 0 Å². The third-order valence-electron chi connectivity index (χ3n) is 11.4. The van der Waals surface area contributed by atoms with Crippen LogP contribution in [0.3, 0.4) is 0 Å². The van der Waals surface area contributed by atoms with E-state index in [-0.39, 0.29) is 0 Å². The van der Waals surface area contributed by atoms with Gasteiger partial charge in [-0.3, -0.25) is 0 Å². The quantitative estimate of drug-likeness (QED) is 0.192. The summed E-state index contributed by atoms with van der Waals surface area (Å²) in [5, 5.41) is 5.96. The first-order valence-electron chi connectivity index (χ1n) is 19.3. The molecule has 4 heterocycles. The van der Waals surface area contributed by atoms with Crippen molar-refractivity contribution in [3.05, 3.63) is 194 Å². The maximum Gasteiger partial charge on any atom is 0.160 e. The number of para-hydroxylation sites is 3. The lowest BCUT2D eigenvalue weighted by Gasteiger charge is -2.09. The molecule has 266 valence electrons. The molecule has 5 nitrogen and oxygen atoms in total. The minimum Gasteiger partial charge on any atom is -0.351 e. The van der Waals surface area contributed by atoms with Gasteiger partial charge in [-0.05, 0) is 77.9 Å². The van der Waals surface area contributed by atoms with E-state index >= 15 is 0 Å². The van der Waals surface area contributed by atoms with E-state index in [4.69, 9.17) is 9.97 Å². The van der Waals surface area contributed by atoms with Crippen LogP contribution in [0.15, 0.2) is 194 Å². The monoisotopic (exact) mass is 727 g/mol. The molecule has 12 aromatic rings. The van der Waals surface area contributed by atoms with Gasteiger partial charge >= 0.3 is 0 Å². The molecule has 8 aromatic carbocycles. The summed E-state index contributed by atoms with van der Waals surface area (Å²) in [6.07, 6.45) is 0. The lowest BCUT2D eigenvalue weighted by Crippen LogP contribution is -1.94. The summed E-state index contributed by atoms with van der Waals surface area (Å²) in [7, 11) is 0. The number of fused-ring (bicyclic) bond motifs is 9. The summed E-state index contributed by atoms with van der Waals surface area (Å²) in [6.45, 7) is 0. The molecule has 0 unspecified atom stereocenters. The van der Waals surface area contributed by atoms with Gasteiger partial charge in [0.1, 0.15) is 5.52 Å². The second-order valence-corrected chi connectivity index (χ2v) is 14.7. The number of hydrogen-bond donors (Lipinski definition) is 1. The Balaban J connectivity index is 1.11. The molecule has 0 atom stereocenters. The van der Waals surface area contributed by atoms with Crippen LogP contribution in [-0.4, -0.2) is 24.1 Å². The van der Waals surface area contributed by atoms with E-state index in [0.717, 1.165) is 61.3 Å². The van der Waals surface area contributed by atoms with Crippen molar-refractivity contribution in [2.24, 2.45) is 0 Å². The molecule has 4 aromatic heterocycles. The molecular weight excluding hydrogens is 695 g/mol. The van der Waals surface area contributed by atoms with Crippen molar-refractivity contribution in [1.29, 1.82) is 0 Å². The number of aromatic nitrogens is 5. The van der Waals surface area contributed by atoms with Crippen molar-refractivity contribution >= 4 is 65.5 Å². The van der Waals surface area contributed by atoms with Crippen molar-refractivity contribution in [1.82, 2.24) is 24.1 Å². The minimum atomic E-state index is 0.711. The molecule has 5 heteroatoms. The zero-order valence-corrected chi connectivity index (χ0v) is 30.8. The second-order valence-electron chi connectivity index (χ2n) is 14.7. The Morgan fingerprint density at radius 1 is 0.351 bits per heavy atom. The molecule has 0 spiro atoms. The fraction of sp³-hybridized carbons (Fsp3) is 0. The zero-order chi connectivity index (χ0) is 37.5. The van der Waals surface area contributed by atoms with Crippen molar-refractivity contribution in [2.75, 3.05) is 0 Å². The molecule has 0 aliphatic rings. The normalized spacial score (nSPS) is 11.9. The van der Waals surface area contributed by atoms with E-state index in [1.807, 2.05) is 24.3 Å². The minimum absolute atomic E-state index is 0.711. The van der Waals surface area contributed by atoms with Gasteiger partial charge in [-0.2, -0.15) is 0 Å². The molecule has 0 radical (unpaired) electrons. The van der Waals surface area contributed by atoms with Gasteiger partial charge < -0.3 is 14.1 Å². The average molecular weight is 728 g/mol. The van der Waals surface area contributed by atoms with Gasteiger partial charge in [0, 0.05) is 54.9 Å². The molecular formula is C52H33N5. The van der Waals surface area contributed by atoms with E-state index < -0.39 is 0 Å². The van der Waals surface area contributed by atoms with Crippen molar-refractivity contribution in [2.45, 2.75) is 0 Å². The smallest absolute Gasteiger partial charge is 0.160 e. The Hall–Kier alpha value is -7.76. The van der Waals surface area contributed by atoms with Crippen LogP contribution in [0.4, 0.5) is 0 Å². The number of nitrogens with zero attached hydrogens (tertiary/aromatic N) is 4. The molecule has 0 aliphatic heterocycles. The molecule has 0 bridgehead atoms. The summed E-state index contributed by atoms with van der Waals surface area (Å²) in [4.78, 5) is 14.0. The van der Waals surface area contributed by atoms with Crippen molar-refractivity contribution in [3.63, 3.8) is 0 Å². The van der Waals surface area contributed by atoms with E-state index in [0.29, 0.717) is 5.82 Å². The first-order chi connectivity index (χ1) is 28.3. The molecule has 12 rings (SSSR count). The highest BCUT2D eigenvalue weighted by Crippen LogP contribution is 2.42. The number of rotatable bonds is 5. The van der Waals surface area contributed by atoms with Crippen LogP contribution >= 0.6 is 0 Å². The topological polar surface area (TPSA) is 51.4 Å². The zero-order valence-electron chi connectivity index (χ0n) is 30.8. The lowest BCUT2D eigenvalue weighted by atomic mass is 10.0. The summed E-state index contributed by atoms with van der Waals surface area (Å²) in [5.41, 5.74) is 15.1. The SMILES string of the molecule is c1ccc(-c2nc(-c3ccccc3)c3[nH]c4ccc(-c5ccc6c(c5)c5cc7c(cc5n6-c5ccccc5)c5ccccc5n7-c5ccccc5)cc4c3n2)cc1. The number of H-pyrrole nitrogens is 1. The number of nitrogens with one attached hydrogen (secondary N) is 1. The van der Waals surface area contributed by atoms with E-state index in [2.05, 4.69) is 184 Å². The van der Waals surface area contributed by atoms with Gasteiger partial charge in [0.05, 0.1) is 33.3 Å². The van der Waals surface area contributed by atoms with Crippen LogP contribution in [0.1, 0.15) is 0 Å². The van der Waals surface area contributed by atoms with Crippen LogP contribution in [0.2, 0.25) is 0 Å². The van der Waals surface area contributed by atoms with Crippen LogP contribution in [0.5, 0.6) is 0 Å². The molecule has 57 heavy (non-hydrogen) atoms. The highest BCUT2D eigenvalue weighted by Gasteiger charge is 2.20. The van der Waals surface area contributed by atoms with Crippen LogP contribution < -0.4 is 0 Å². The van der Waals surface area contributed by atoms with Gasteiger partial charge in [-0.1, -0.05) is 127 Å². The standard InChI is InChI=1S/C52H33N5/c1-5-15-33(16-6-1)49-51-50(55-52(54-49)34-17-7-2-8-18-34)43-30-35(25-27-44(43)53-51)36-26-28-46-40(29-36)42-32-47-41(31-48(42)57(46)38-21-11-4-12-22-38)39-23-13-14-24-45(39)56(47)37-19-9-3-10-20-37/h1-32,53H. The number of benzene rings is 8. The fourth-order valence-corrected chi connectivity index (χ4v) is 8.83. The third-order valence-corrected chi connectivity index (χ3v) is 11.4. The van der Waals surface area contributed by atoms with E-state index in [1.54, 1.807) is 0 Å². The van der Waals surface area contributed by atoms with Gasteiger partial charge in [0.25, 0.3) is 0 Å². The van der Waals surface area contributed by atoms with Gasteiger partial charge in [0.2, 0.25) is 0 Å². The summed E-state index contributed by atoms with van der Waals surface area (Å²) >= 11 is 0. The Kier molecular flexibility index (Phi) is 6.86. The summed E-state index contributed by atoms with van der Waals surface area (Å²) < 4.78 is 4.82. The Morgan fingerprint density at radius 2 is 0.860 bits per heavy atom.